The lowest BCUT2D eigenvalue weighted by Crippen LogP contribution is -2.21. The van der Waals surface area contributed by atoms with Gasteiger partial charge in [0.1, 0.15) is 4.83 Å². The Bertz CT molecular complexity index is 901. The molecular formula is C17H18N4OS. The fourth-order valence-corrected chi connectivity index (χ4v) is 3.54. The van der Waals surface area contributed by atoms with Gasteiger partial charge in [0.15, 0.2) is 0 Å². The minimum absolute atomic E-state index is 0.0966. The number of hydrogen-bond acceptors (Lipinski definition) is 5. The van der Waals surface area contributed by atoms with Gasteiger partial charge in [-0.2, -0.15) is 0 Å². The van der Waals surface area contributed by atoms with Gasteiger partial charge in [0, 0.05) is 17.5 Å². The summed E-state index contributed by atoms with van der Waals surface area (Å²) in [6.45, 7) is 6.58. The smallest absolute Gasteiger partial charge is 0.261 e. The van der Waals surface area contributed by atoms with Crippen LogP contribution in [0.15, 0.2) is 24.3 Å². The molecule has 2 aromatic heterocycles. The Morgan fingerprint density at radius 3 is 2.74 bits per heavy atom. The van der Waals surface area contributed by atoms with Gasteiger partial charge >= 0.3 is 0 Å². The van der Waals surface area contributed by atoms with E-state index < -0.39 is 0 Å². The summed E-state index contributed by atoms with van der Waals surface area (Å²) in [6, 6.07) is 8.04. The Morgan fingerprint density at radius 2 is 2.04 bits per heavy atom. The van der Waals surface area contributed by atoms with Crippen LogP contribution in [-0.4, -0.2) is 22.4 Å². The highest BCUT2D eigenvalue weighted by atomic mass is 32.1. The van der Waals surface area contributed by atoms with Crippen LogP contribution < -0.4 is 11.1 Å². The summed E-state index contributed by atoms with van der Waals surface area (Å²) in [4.78, 5) is 22.1. The van der Waals surface area contributed by atoms with Crippen molar-refractivity contribution < 1.29 is 4.79 Å². The van der Waals surface area contributed by atoms with Gasteiger partial charge in [-0.15, -0.1) is 11.3 Å². The molecule has 1 amide bonds. The maximum absolute atomic E-state index is 12.1. The van der Waals surface area contributed by atoms with Crippen LogP contribution >= 0.6 is 11.3 Å². The number of fused-ring (bicyclic) bond motifs is 1. The molecule has 3 N–H and O–H groups in total. The van der Waals surface area contributed by atoms with Gasteiger partial charge < -0.3 is 11.1 Å². The number of anilines is 1. The van der Waals surface area contributed by atoms with Crippen LogP contribution in [0.25, 0.3) is 21.5 Å². The number of nitrogens with zero attached hydrogens (tertiary/aromatic N) is 2. The zero-order valence-electron chi connectivity index (χ0n) is 13.3. The molecule has 0 saturated heterocycles. The minimum atomic E-state index is -0.0966. The van der Waals surface area contributed by atoms with Crippen molar-refractivity contribution in [3.05, 3.63) is 40.3 Å². The largest absolute Gasteiger partial charge is 0.368 e. The van der Waals surface area contributed by atoms with Gasteiger partial charge in [0.25, 0.3) is 5.91 Å². The highest BCUT2D eigenvalue weighted by Gasteiger charge is 2.16. The minimum Gasteiger partial charge on any atom is -0.368 e. The molecule has 3 rings (SSSR count). The van der Waals surface area contributed by atoms with Crippen LogP contribution in [0.4, 0.5) is 5.95 Å². The molecule has 0 unspecified atom stereocenters. The molecule has 0 fully saturated rings. The van der Waals surface area contributed by atoms with E-state index in [0.717, 1.165) is 27.0 Å². The zero-order valence-corrected chi connectivity index (χ0v) is 14.1. The number of aromatic nitrogens is 2. The lowest BCUT2D eigenvalue weighted by molar-refractivity contribution is 0.0960. The molecule has 5 nitrogen and oxygen atoms in total. The van der Waals surface area contributed by atoms with E-state index in [1.165, 1.54) is 16.9 Å². The number of carbonyl (C=O) groups excluding carboxylic acids is 1. The summed E-state index contributed by atoms with van der Waals surface area (Å²) in [5, 5.41) is 3.67. The fourth-order valence-electron chi connectivity index (χ4n) is 2.58. The van der Waals surface area contributed by atoms with E-state index in [-0.39, 0.29) is 11.9 Å². The molecule has 0 spiro atoms. The molecular weight excluding hydrogens is 308 g/mol. The number of aryl methyl sites for hydroxylation is 2. The van der Waals surface area contributed by atoms with Gasteiger partial charge in [-0.05, 0) is 32.4 Å². The highest BCUT2D eigenvalue weighted by molar-refractivity contribution is 7.20. The third-order valence-corrected chi connectivity index (χ3v) is 4.64. The quantitative estimate of drug-likeness (QED) is 0.774. The predicted molar refractivity (Wildman–Crippen MR) is 94.7 cm³/mol. The number of nitrogens with two attached hydrogens (primary N) is 1. The summed E-state index contributed by atoms with van der Waals surface area (Å²) < 4.78 is 0. The second kappa shape index (κ2) is 5.96. The number of amides is 1. The number of rotatable bonds is 3. The summed E-state index contributed by atoms with van der Waals surface area (Å²) >= 11 is 1.33. The molecule has 2 heterocycles. The summed E-state index contributed by atoms with van der Waals surface area (Å²) in [6.07, 6.45) is 0. The normalized spacial score (nSPS) is 10.9. The van der Waals surface area contributed by atoms with Gasteiger partial charge in [-0.25, -0.2) is 9.97 Å². The Kier molecular flexibility index (Phi) is 4.00. The lowest BCUT2D eigenvalue weighted by atomic mass is 10.0. The lowest BCUT2D eigenvalue weighted by Gasteiger charge is -2.08. The van der Waals surface area contributed by atoms with Crippen LogP contribution in [0.5, 0.6) is 0 Å². The van der Waals surface area contributed by atoms with Crippen LogP contribution in [0.2, 0.25) is 0 Å². The van der Waals surface area contributed by atoms with Gasteiger partial charge in [0.2, 0.25) is 5.95 Å². The Hall–Kier alpha value is -2.47. The van der Waals surface area contributed by atoms with Crippen molar-refractivity contribution in [2.75, 3.05) is 12.3 Å². The third kappa shape index (κ3) is 2.90. The zero-order chi connectivity index (χ0) is 16.6. The van der Waals surface area contributed by atoms with E-state index in [1.807, 2.05) is 32.0 Å². The maximum Gasteiger partial charge on any atom is 0.261 e. The van der Waals surface area contributed by atoms with Crippen LogP contribution in [-0.2, 0) is 0 Å². The van der Waals surface area contributed by atoms with Gasteiger partial charge in [0.05, 0.1) is 10.6 Å². The highest BCUT2D eigenvalue weighted by Crippen LogP contribution is 2.34. The van der Waals surface area contributed by atoms with Crippen molar-refractivity contribution in [1.29, 1.82) is 0 Å². The first-order valence-corrected chi connectivity index (χ1v) is 8.24. The molecule has 0 saturated carbocycles. The fraction of sp³-hybridized carbons (Fsp3) is 0.235. The predicted octanol–water partition coefficient (Wildman–Crippen LogP) is 3.31. The van der Waals surface area contributed by atoms with Crippen LogP contribution in [0.1, 0.15) is 27.7 Å². The first-order chi connectivity index (χ1) is 11.0. The maximum atomic E-state index is 12.1. The van der Waals surface area contributed by atoms with E-state index in [9.17, 15) is 4.79 Å². The topological polar surface area (TPSA) is 80.9 Å². The second-order valence-corrected chi connectivity index (χ2v) is 6.47. The monoisotopic (exact) mass is 326 g/mol. The van der Waals surface area contributed by atoms with Crippen molar-refractivity contribution in [3.63, 3.8) is 0 Å². The van der Waals surface area contributed by atoms with Crippen molar-refractivity contribution >= 4 is 33.4 Å². The number of nitrogen functional groups attached to an aromatic ring is 1. The number of benzene rings is 1. The average Bonchev–Trinajstić information content (AvgIpc) is 2.91. The Morgan fingerprint density at radius 1 is 1.26 bits per heavy atom. The summed E-state index contributed by atoms with van der Waals surface area (Å²) in [7, 11) is 0. The molecule has 0 aliphatic heterocycles. The number of thiophene rings is 1. The molecule has 0 aliphatic rings. The molecule has 0 radical (unpaired) electrons. The molecule has 23 heavy (non-hydrogen) atoms. The van der Waals surface area contributed by atoms with E-state index in [1.54, 1.807) is 0 Å². The Labute approximate surface area is 138 Å². The third-order valence-electron chi connectivity index (χ3n) is 3.61. The first kappa shape index (κ1) is 15.4. The van der Waals surface area contributed by atoms with Crippen LogP contribution in [0.3, 0.4) is 0 Å². The molecule has 1 aromatic carbocycles. The van der Waals surface area contributed by atoms with Crippen molar-refractivity contribution in [3.8, 4) is 11.3 Å². The van der Waals surface area contributed by atoms with Crippen LogP contribution in [0, 0.1) is 13.8 Å². The van der Waals surface area contributed by atoms with E-state index in [2.05, 4.69) is 28.3 Å². The Balaban J connectivity index is 2.22. The van der Waals surface area contributed by atoms with Gasteiger partial charge in [-0.1, -0.05) is 23.8 Å². The van der Waals surface area contributed by atoms with E-state index in [4.69, 9.17) is 5.73 Å². The van der Waals surface area contributed by atoms with Crippen molar-refractivity contribution in [2.24, 2.45) is 0 Å². The van der Waals surface area contributed by atoms with Crippen molar-refractivity contribution in [2.45, 2.75) is 20.8 Å². The van der Waals surface area contributed by atoms with Crippen molar-refractivity contribution in [1.82, 2.24) is 15.3 Å². The molecule has 0 atom stereocenters. The van der Waals surface area contributed by atoms with Gasteiger partial charge in [-0.3, -0.25) is 4.79 Å². The molecule has 118 valence electrons. The molecule has 0 bridgehead atoms. The van der Waals surface area contributed by atoms with E-state index >= 15 is 0 Å². The first-order valence-electron chi connectivity index (χ1n) is 7.42. The molecule has 3 aromatic rings. The second-order valence-electron chi connectivity index (χ2n) is 5.44. The number of hydrogen-bond donors (Lipinski definition) is 2. The van der Waals surface area contributed by atoms with E-state index in [0.29, 0.717) is 11.4 Å². The summed E-state index contributed by atoms with van der Waals surface area (Å²) in [5.41, 5.74) is 9.97. The number of nitrogens with one attached hydrogen (secondary N) is 1. The standard InChI is InChI=1S/C17H18N4OS/c1-4-19-15(22)13-8-12-14(20-17(18)21-16(12)23-13)11-6-5-9(2)7-10(11)3/h5-8H,4H2,1-3H3,(H,19,22)(H2,18,20,21). The molecule has 0 aliphatic carbocycles. The SMILES string of the molecule is CCNC(=O)c1cc2c(-c3ccc(C)cc3C)nc(N)nc2s1. The average molecular weight is 326 g/mol. The number of carbonyl (C=O) groups is 1. The molecule has 6 heteroatoms. The summed E-state index contributed by atoms with van der Waals surface area (Å²) in [5.74, 6) is 0.123.